The Balaban J connectivity index is 1.69. The molecule has 0 aliphatic carbocycles. The Morgan fingerprint density at radius 3 is 3.05 bits per heavy atom. The van der Waals surface area contributed by atoms with Crippen molar-refractivity contribution in [2.24, 2.45) is 5.73 Å². The van der Waals surface area contributed by atoms with Crippen LogP contribution in [0.5, 0.6) is 0 Å². The van der Waals surface area contributed by atoms with Crippen LogP contribution in [0.4, 0.5) is 5.13 Å². The van der Waals surface area contributed by atoms with Crippen molar-refractivity contribution < 1.29 is 9.59 Å². The minimum atomic E-state index is -0.325. The molecule has 0 fully saturated rings. The quantitative estimate of drug-likeness (QED) is 0.888. The van der Waals surface area contributed by atoms with E-state index in [0.717, 1.165) is 23.5 Å². The van der Waals surface area contributed by atoms with Crippen molar-refractivity contribution in [2.75, 3.05) is 18.4 Å². The van der Waals surface area contributed by atoms with Gasteiger partial charge in [0.15, 0.2) is 5.13 Å². The van der Waals surface area contributed by atoms with E-state index in [1.165, 1.54) is 22.7 Å². The Hall–Kier alpha value is -1.77. The first-order valence-corrected chi connectivity index (χ1v) is 8.15. The van der Waals surface area contributed by atoms with Crippen molar-refractivity contribution in [3.63, 3.8) is 0 Å². The van der Waals surface area contributed by atoms with Crippen LogP contribution in [0.2, 0.25) is 0 Å². The Morgan fingerprint density at radius 2 is 2.33 bits per heavy atom. The van der Waals surface area contributed by atoms with Gasteiger partial charge in [0.25, 0.3) is 5.91 Å². The minimum Gasteiger partial charge on any atom is -0.369 e. The lowest BCUT2D eigenvalue weighted by atomic mass is 10.2. The Morgan fingerprint density at radius 1 is 1.48 bits per heavy atom. The molecule has 21 heavy (non-hydrogen) atoms. The van der Waals surface area contributed by atoms with Crippen LogP contribution < -0.4 is 11.1 Å². The molecular weight excluding hydrogens is 308 g/mol. The van der Waals surface area contributed by atoms with Crippen LogP contribution in [-0.2, 0) is 17.8 Å². The second-order valence-electron chi connectivity index (χ2n) is 4.75. The standard InChI is InChI=1S/C13H14N4O2S2/c14-11(18)7-17-4-3-8-10(6-17)21-13(15-8)16-12(19)9-2-1-5-20-9/h1-2,5H,3-4,6-7H2,(H2,14,18)(H,15,16,19). The average Bonchev–Trinajstić information content (AvgIpc) is 3.05. The Bertz CT molecular complexity index is 666. The van der Waals surface area contributed by atoms with Crippen LogP contribution in [-0.4, -0.2) is 34.8 Å². The lowest BCUT2D eigenvalue weighted by molar-refractivity contribution is -0.119. The number of thiazole rings is 1. The van der Waals surface area contributed by atoms with Crippen molar-refractivity contribution in [2.45, 2.75) is 13.0 Å². The number of aromatic nitrogens is 1. The second kappa shape index (κ2) is 5.92. The van der Waals surface area contributed by atoms with Crippen molar-refractivity contribution >= 4 is 39.6 Å². The molecule has 0 unspecified atom stereocenters. The number of carbonyl (C=O) groups excluding carboxylic acids is 2. The first kappa shape index (κ1) is 14.2. The zero-order valence-corrected chi connectivity index (χ0v) is 12.8. The predicted molar refractivity (Wildman–Crippen MR) is 82.6 cm³/mol. The lowest BCUT2D eigenvalue weighted by Crippen LogP contribution is -2.37. The highest BCUT2D eigenvalue weighted by Gasteiger charge is 2.22. The zero-order chi connectivity index (χ0) is 14.8. The van der Waals surface area contributed by atoms with Gasteiger partial charge >= 0.3 is 0 Å². The van der Waals surface area contributed by atoms with E-state index in [2.05, 4.69) is 10.3 Å². The maximum Gasteiger partial charge on any atom is 0.267 e. The Labute approximate surface area is 129 Å². The van der Waals surface area contributed by atoms with E-state index in [9.17, 15) is 9.59 Å². The summed E-state index contributed by atoms with van der Waals surface area (Å²) in [5.74, 6) is -0.459. The third-order valence-electron chi connectivity index (χ3n) is 3.16. The molecule has 1 aliphatic heterocycles. The van der Waals surface area contributed by atoms with Gasteiger partial charge in [-0.1, -0.05) is 6.07 Å². The molecule has 3 rings (SSSR count). The number of nitrogens with zero attached hydrogens (tertiary/aromatic N) is 2. The molecule has 0 bridgehead atoms. The van der Waals surface area contributed by atoms with E-state index in [1.807, 2.05) is 16.3 Å². The lowest BCUT2D eigenvalue weighted by Gasteiger charge is -2.24. The topological polar surface area (TPSA) is 88.3 Å². The van der Waals surface area contributed by atoms with Crippen molar-refractivity contribution in [3.8, 4) is 0 Å². The molecule has 0 aromatic carbocycles. The first-order valence-electron chi connectivity index (χ1n) is 6.46. The van der Waals surface area contributed by atoms with Crippen LogP contribution in [0.1, 0.15) is 20.2 Å². The summed E-state index contributed by atoms with van der Waals surface area (Å²) in [5, 5.41) is 5.30. The fraction of sp³-hybridized carbons (Fsp3) is 0.308. The molecule has 1 aliphatic rings. The molecule has 2 amide bonds. The molecule has 110 valence electrons. The summed E-state index contributed by atoms with van der Waals surface area (Å²) >= 11 is 2.86. The summed E-state index contributed by atoms with van der Waals surface area (Å²) in [6.07, 6.45) is 0.772. The maximum atomic E-state index is 12.0. The van der Waals surface area contributed by atoms with E-state index in [1.54, 1.807) is 6.07 Å². The van der Waals surface area contributed by atoms with Gasteiger partial charge in [0.1, 0.15) is 0 Å². The number of amides is 2. The summed E-state index contributed by atoms with van der Waals surface area (Å²) < 4.78 is 0. The number of hydrogen-bond acceptors (Lipinski definition) is 6. The number of fused-ring (bicyclic) bond motifs is 1. The fourth-order valence-electron chi connectivity index (χ4n) is 2.22. The van der Waals surface area contributed by atoms with Crippen LogP contribution in [0.25, 0.3) is 0 Å². The van der Waals surface area contributed by atoms with Crippen LogP contribution in [0, 0.1) is 0 Å². The number of carbonyl (C=O) groups is 2. The SMILES string of the molecule is NC(=O)CN1CCc2nc(NC(=O)c3cccs3)sc2C1. The van der Waals surface area contributed by atoms with Gasteiger partial charge < -0.3 is 5.73 Å². The second-order valence-corrected chi connectivity index (χ2v) is 6.78. The molecule has 8 heteroatoms. The van der Waals surface area contributed by atoms with Crippen LogP contribution >= 0.6 is 22.7 Å². The van der Waals surface area contributed by atoms with Gasteiger partial charge in [0.05, 0.1) is 17.1 Å². The van der Waals surface area contributed by atoms with E-state index >= 15 is 0 Å². The number of rotatable bonds is 4. The van der Waals surface area contributed by atoms with Crippen molar-refractivity contribution in [3.05, 3.63) is 33.0 Å². The minimum absolute atomic E-state index is 0.134. The third-order valence-corrected chi connectivity index (χ3v) is 5.02. The highest BCUT2D eigenvalue weighted by molar-refractivity contribution is 7.16. The molecular formula is C13H14N4O2S2. The molecule has 0 spiro atoms. The van der Waals surface area contributed by atoms with Crippen LogP contribution in [0.15, 0.2) is 17.5 Å². The molecule has 0 saturated carbocycles. The van der Waals surface area contributed by atoms with Gasteiger partial charge in [-0.3, -0.25) is 19.8 Å². The van der Waals surface area contributed by atoms with Gasteiger partial charge in [0.2, 0.25) is 5.91 Å². The third kappa shape index (κ3) is 3.29. The molecule has 3 heterocycles. The van der Waals surface area contributed by atoms with Crippen LogP contribution in [0.3, 0.4) is 0 Å². The summed E-state index contributed by atoms with van der Waals surface area (Å²) in [6.45, 7) is 1.68. The van der Waals surface area contributed by atoms with Gasteiger partial charge in [-0.15, -0.1) is 22.7 Å². The molecule has 0 saturated heterocycles. The smallest absolute Gasteiger partial charge is 0.267 e. The van der Waals surface area contributed by atoms with Gasteiger partial charge in [-0.05, 0) is 11.4 Å². The molecule has 2 aromatic rings. The molecule has 0 radical (unpaired) electrons. The molecule has 3 N–H and O–H groups in total. The molecule has 0 atom stereocenters. The van der Waals surface area contributed by atoms with Gasteiger partial charge in [-0.25, -0.2) is 4.98 Å². The number of hydrogen-bond donors (Lipinski definition) is 2. The number of nitrogens with one attached hydrogen (secondary N) is 1. The number of anilines is 1. The largest absolute Gasteiger partial charge is 0.369 e. The molecule has 2 aromatic heterocycles. The van der Waals surface area contributed by atoms with Crippen molar-refractivity contribution in [1.29, 1.82) is 0 Å². The predicted octanol–water partition coefficient (Wildman–Crippen LogP) is 1.30. The zero-order valence-electron chi connectivity index (χ0n) is 11.2. The summed E-state index contributed by atoms with van der Waals surface area (Å²) in [5.41, 5.74) is 6.22. The normalized spacial score (nSPS) is 14.7. The fourth-order valence-corrected chi connectivity index (χ4v) is 3.89. The highest BCUT2D eigenvalue weighted by Crippen LogP contribution is 2.28. The Kier molecular flexibility index (Phi) is 4.00. The van der Waals surface area contributed by atoms with E-state index in [-0.39, 0.29) is 18.4 Å². The number of primary amides is 1. The average molecular weight is 322 g/mol. The van der Waals surface area contributed by atoms with E-state index in [0.29, 0.717) is 16.6 Å². The van der Waals surface area contributed by atoms with Gasteiger partial charge in [0, 0.05) is 24.4 Å². The van der Waals surface area contributed by atoms with Gasteiger partial charge in [-0.2, -0.15) is 0 Å². The maximum absolute atomic E-state index is 12.0. The first-order chi connectivity index (χ1) is 10.1. The highest BCUT2D eigenvalue weighted by atomic mass is 32.1. The molecule has 6 nitrogen and oxygen atoms in total. The summed E-state index contributed by atoms with van der Waals surface area (Å²) in [7, 11) is 0. The summed E-state index contributed by atoms with van der Waals surface area (Å²) in [6, 6.07) is 3.62. The number of thiophene rings is 1. The number of nitrogens with two attached hydrogens (primary N) is 1. The van der Waals surface area contributed by atoms with E-state index < -0.39 is 0 Å². The summed E-state index contributed by atoms with van der Waals surface area (Å²) in [4.78, 5) is 31.2. The van der Waals surface area contributed by atoms with Crippen molar-refractivity contribution in [1.82, 2.24) is 9.88 Å². The van der Waals surface area contributed by atoms with E-state index in [4.69, 9.17) is 5.73 Å². The monoisotopic (exact) mass is 322 g/mol.